The van der Waals surface area contributed by atoms with E-state index >= 15 is 0 Å². The molecule has 1 aliphatic rings. The van der Waals surface area contributed by atoms with Crippen LogP contribution in [0.4, 0.5) is 5.13 Å². The summed E-state index contributed by atoms with van der Waals surface area (Å²) < 4.78 is 0. The van der Waals surface area contributed by atoms with Gasteiger partial charge in [0.2, 0.25) is 0 Å². The van der Waals surface area contributed by atoms with Crippen molar-refractivity contribution in [2.24, 2.45) is 0 Å². The summed E-state index contributed by atoms with van der Waals surface area (Å²) in [6.45, 7) is 4.43. The van der Waals surface area contributed by atoms with Gasteiger partial charge in [0.25, 0.3) is 0 Å². The molecule has 0 spiro atoms. The third kappa shape index (κ3) is 2.47. The molecule has 0 saturated carbocycles. The Hall–Kier alpha value is -0.610. The fraction of sp³-hybridized carbons (Fsp3) is 0.769. The monoisotopic (exact) mass is 254 g/mol. The summed E-state index contributed by atoms with van der Waals surface area (Å²) in [5, 5.41) is 11.0. The zero-order valence-electron chi connectivity index (χ0n) is 10.9. The minimum Gasteiger partial charge on any atom is -0.387 e. The van der Waals surface area contributed by atoms with Gasteiger partial charge in [-0.05, 0) is 32.1 Å². The standard InChI is InChI=1S/C13H22N2OS/c1-4-9(5-2)15(3)13-14-12-10(16)7-6-8-11(12)17-13/h9-10,16H,4-8H2,1-3H3. The molecule has 0 aromatic carbocycles. The highest BCUT2D eigenvalue weighted by Gasteiger charge is 2.25. The highest BCUT2D eigenvalue weighted by molar-refractivity contribution is 7.15. The SMILES string of the molecule is CCC(CC)N(C)c1nc2c(s1)CCCC2O. The molecule has 2 rings (SSSR count). The number of nitrogens with zero attached hydrogens (tertiary/aromatic N) is 2. The molecular formula is C13H22N2OS. The van der Waals surface area contributed by atoms with Crippen molar-refractivity contribution in [3.8, 4) is 0 Å². The van der Waals surface area contributed by atoms with Gasteiger partial charge in [0.05, 0.1) is 11.8 Å². The van der Waals surface area contributed by atoms with Gasteiger partial charge in [-0.1, -0.05) is 13.8 Å². The average molecular weight is 254 g/mol. The minimum atomic E-state index is -0.334. The van der Waals surface area contributed by atoms with E-state index in [1.54, 1.807) is 11.3 Å². The number of aliphatic hydroxyl groups excluding tert-OH is 1. The summed E-state index contributed by atoms with van der Waals surface area (Å²) in [6.07, 6.45) is 4.98. The molecule has 0 radical (unpaired) electrons. The van der Waals surface area contributed by atoms with Crippen LogP contribution < -0.4 is 4.90 Å². The minimum absolute atomic E-state index is 0.334. The van der Waals surface area contributed by atoms with Crippen LogP contribution in [0.1, 0.15) is 56.2 Å². The number of aryl methyl sites for hydroxylation is 1. The summed E-state index contributed by atoms with van der Waals surface area (Å²) in [4.78, 5) is 8.20. The van der Waals surface area contributed by atoms with Gasteiger partial charge in [-0.2, -0.15) is 0 Å². The zero-order valence-corrected chi connectivity index (χ0v) is 11.8. The van der Waals surface area contributed by atoms with E-state index in [1.165, 1.54) is 4.88 Å². The van der Waals surface area contributed by atoms with Crippen molar-refractivity contribution in [2.75, 3.05) is 11.9 Å². The summed E-state index contributed by atoms with van der Waals surface area (Å²) in [5.41, 5.74) is 0.939. The first-order valence-corrected chi connectivity index (χ1v) is 7.39. The average Bonchev–Trinajstić information content (AvgIpc) is 2.76. The predicted molar refractivity (Wildman–Crippen MR) is 72.8 cm³/mol. The van der Waals surface area contributed by atoms with Crippen LogP contribution in [-0.4, -0.2) is 23.2 Å². The molecule has 1 unspecified atom stereocenters. The number of anilines is 1. The van der Waals surface area contributed by atoms with Gasteiger partial charge < -0.3 is 10.0 Å². The molecule has 1 heterocycles. The lowest BCUT2D eigenvalue weighted by Gasteiger charge is -2.25. The van der Waals surface area contributed by atoms with E-state index in [0.717, 1.165) is 42.9 Å². The van der Waals surface area contributed by atoms with Crippen LogP contribution in [0, 0.1) is 0 Å². The smallest absolute Gasteiger partial charge is 0.185 e. The lowest BCUT2D eigenvalue weighted by Crippen LogP contribution is -2.30. The van der Waals surface area contributed by atoms with Gasteiger partial charge in [0, 0.05) is 18.0 Å². The predicted octanol–water partition coefficient (Wildman–Crippen LogP) is 3.14. The lowest BCUT2D eigenvalue weighted by atomic mass is 10.0. The van der Waals surface area contributed by atoms with Crippen LogP contribution in [0.5, 0.6) is 0 Å². The first-order valence-electron chi connectivity index (χ1n) is 6.57. The third-order valence-electron chi connectivity index (χ3n) is 3.71. The molecule has 4 heteroatoms. The summed E-state index contributed by atoms with van der Waals surface area (Å²) >= 11 is 1.76. The molecule has 0 fully saturated rings. The molecular weight excluding hydrogens is 232 g/mol. The lowest BCUT2D eigenvalue weighted by molar-refractivity contribution is 0.153. The van der Waals surface area contributed by atoms with E-state index in [0.29, 0.717) is 6.04 Å². The van der Waals surface area contributed by atoms with Gasteiger partial charge in [0.15, 0.2) is 5.13 Å². The molecule has 1 aromatic heterocycles. The third-order valence-corrected chi connectivity index (χ3v) is 4.93. The Labute approximate surface area is 107 Å². The molecule has 3 nitrogen and oxygen atoms in total. The maximum atomic E-state index is 9.94. The van der Waals surface area contributed by atoms with Crippen molar-refractivity contribution >= 4 is 16.5 Å². The Morgan fingerprint density at radius 3 is 2.76 bits per heavy atom. The number of rotatable bonds is 4. The zero-order chi connectivity index (χ0) is 12.4. The Bertz CT molecular complexity index is 373. The largest absolute Gasteiger partial charge is 0.387 e. The molecule has 1 atom stereocenters. The molecule has 0 aliphatic heterocycles. The van der Waals surface area contributed by atoms with Gasteiger partial charge >= 0.3 is 0 Å². The Kier molecular flexibility index (Phi) is 4.05. The Balaban J connectivity index is 2.22. The summed E-state index contributed by atoms with van der Waals surface area (Å²) in [6, 6.07) is 0.555. The molecule has 1 aromatic rings. The highest BCUT2D eigenvalue weighted by atomic mass is 32.1. The molecule has 1 N–H and O–H groups in total. The Morgan fingerprint density at radius 2 is 2.18 bits per heavy atom. The van der Waals surface area contributed by atoms with Crippen molar-refractivity contribution in [3.63, 3.8) is 0 Å². The van der Waals surface area contributed by atoms with Crippen LogP contribution >= 0.6 is 11.3 Å². The first kappa shape index (κ1) is 12.8. The van der Waals surface area contributed by atoms with Crippen LogP contribution in [0.2, 0.25) is 0 Å². The van der Waals surface area contributed by atoms with E-state index in [-0.39, 0.29) is 6.10 Å². The number of hydrogen-bond donors (Lipinski definition) is 1. The molecule has 0 saturated heterocycles. The maximum Gasteiger partial charge on any atom is 0.185 e. The van der Waals surface area contributed by atoms with E-state index in [1.807, 2.05) is 0 Å². The topological polar surface area (TPSA) is 36.4 Å². The van der Waals surface area contributed by atoms with Gasteiger partial charge in [-0.15, -0.1) is 11.3 Å². The van der Waals surface area contributed by atoms with Gasteiger partial charge in [0.1, 0.15) is 0 Å². The van der Waals surface area contributed by atoms with Crippen molar-refractivity contribution < 1.29 is 5.11 Å². The quantitative estimate of drug-likeness (QED) is 0.896. The van der Waals surface area contributed by atoms with Crippen molar-refractivity contribution in [2.45, 2.75) is 58.1 Å². The van der Waals surface area contributed by atoms with Crippen molar-refractivity contribution in [1.29, 1.82) is 0 Å². The second-order valence-electron chi connectivity index (χ2n) is 4.79. The van der Waals surface area contributed by atoms with E-state index in [4.69, 9.17) is 0 Å². The van der Waals surface area contributed by atoms with Gasteiger partial charge in [-0.3, -0.25) is 0 Å². The summed E-state index contributed by atoms with van der Waals surface area (Å²) in [7, 11) is 2.12. The second kappa shape index (κ2) is 5.36. The molecule has 17 heavy (non-hydrogen) atoms. The maximum absolute atomic E-state index is 9.94. The number of thiazole rings is 1. The van der Waals surface area contributed by atoms with Gasteiger partial charge in [-0.25, -0.2) is 4.98 Å². The summed E-state index contributed by atoms with van der Waals surface area (Å²) in [5.74, 6) is 0. The highest BCUT2D eigenvalue weighted by Crippen LogP contribution is 2.37. The van der Waals surface area contributed by atoms with E-state index in [9.17, 15) is 5.11 Å². The van der Waals surface area contributed by atoms with E-state index < -0.39 is 0 Å². The normalized spacial score (nSPS) is 19.5. The molecule has 0 amide bonds. The number of aliphatic hydroxyl groups is 1. The van der Waals surface area contributed by atoms with Crippen molar-refractivity contribution in [1.82, 2.24) is 4.98 Å². The number of hydrogen-bond acceptors (Lipinski definition) is 4. The molecule has 96 valence electrons. The number of aromatic nitrogens is 1. The first-order chi connectivity index (χ1) is 8.17. The second-order valence-corrected chi connectivity index (χ2v) is 5.86. The van der Waals surface area contributed by atoms with E-state index in [2.05, 4.69) is 30.8 Å². The fourth-order valence-corrected chi connectivity index (χ4v) is 3.72. The van der Waals surface area contributed by atoms with Crippen LogP contribution in [0.3, 0.4) is 0 Å². The van der Waals surface area contributed by atoms with Crippen LogP contribution in [0.15, 0.2) is 0 Å². The van der Waals surface area contributed by atoms with Crippen molar-refractivity contribution in [3.05, 3.63) is 10.6 Å². The molecule has 0 bridgehead atoms. The molecule has 1 aliphatic carbocycles. The number of fused-ring (bicyclic) bond motifs is 1. The van der Waals surface area contributed by atoms with Crippen LogP contribution in [-0.2, 0) is 6.42 Å². The fourth-order valence-electron chi connectivity index (χ4n) is 2.53. The Morgan fingerprint density at radius 1 is 1.47 bits per heavy atom. The van der Waals surface area contributed by atoms with Crippen LogP contribution in [0.25, 0.3) is 0 Å².